The summed E-state index contributed by atoms with van der Waals surface area (Å²) in [5.74, 6) is -0.140. The lowest BCUT2D eigenvalue weighted by Crippen LogP contribution is -2.09. The summed E-state index contributed by atoms with van der Waals surface area (Å²) in [6.07, 6.45) is 0.735. The van der Waals surface area contributed by atoms with Crippen LogP contribution in [0, 0.1) is 0 Å². The van der Waals surface area contributed by atoms with Gasteiger partial charge in [-0.3, -0.25) is 0 Å². The molecule has 0 aliphatic heterocycles. The third-order valence-electron chi connectivity index (χ3n) is 2.80. The smallest absolute Gasteiger partial charge is 0.338 e. The van der Waals surface area contributed by atoms with Gasteiger partial charge in [0.25, 0.3) is 0 Å². The predicted octanol–water partition coefficient (Wildman–Crippen LogP) is 4.32. The molecular formula is C15H16ClNO2S. The van der Waals surface area contributed by atoms with Gasteiger partial charge in [-0.1, -0.05) is 31.5 Å². The lowest BCUT2D eigenvalue weighted by Gasteiger charge is -2.08. The van der Waals surface area contributed by atoms with Crippen molar-refractivity contribution < 1.29 is 9.53 Å². The van der Waals surface area contributed by atoms with Crippen molar-refractivity contribution in [2.24, 2.45) is 0 Å². The van der Waals surface area contributed by atoms with Crippen molar-refractivity contribution in [2.45, 2.75) is 26.2 Å². The number of hydrogen-bond donors (Lipinski definition) is 0. The number of nitrogens with zero attached hydrogens (tertiary/aromatic N) is 1. The number of aromatic nitrogens is 1. The van der Waals surface area contributed by atoms with Crippen molar-refractivity contribution in [1.29, 1.82) is 0 Å². The number of thiophene rings is 1. The molecular weight excluding hydrogens is 294 g/mol. The first-order chi connectivity index (χ1) is 9.56. The van der Waals surface area contributed by atoms with Gasteiger partial charge in [-0.05, 0) is 29.5 Å². The molecule has 20 heavy (non-hydrogen) atoms. The molecule has 106 valence electrons. The Morgan fingerprint density at radius 1 is 1.45 bits per heavy atom. The minimum absolute atomic E-state index is 0.214. The van der Waals surface area contributed by atoms with E-state index in [-0.39, 0.29) is 11.9 Å². The molecule has 0 atom stereocenters. The molecule has 0 spiro atoms. The molecule has 0 aromatic carbocycles. The number of pyridine rings is 1. The molecule has 0 amide bonds. The minimum Gasteiger partial charge on any atom is -0.462 e. The molecule has 5 heteroatoms. The molecule has 2 aromatic rings. The highest BCUT2D eigenvalue weighted by molar-refractivity contribution is 7.09. The molecule has 0 bridgehead atoms. The highest BCUT2D eigenvalue weighted by Gasteiger charge is 2.12. The van der Waals surface area contributed by atoms with Crippen molar-refractivity contribution in [3.8, 4) is 0 Å². The third kappa shape index (κ3) is 4.05. The van der Waals surface area contributed by atoms with Crippen LogP contribution in [-0.4, -0.2) is 17.6 Å². The Morgan fingerprint density at radius 3 is 2.90 bits per heavy atom. The molecule has 0 aliphatic carbocycles. The van der Waals surface area contributed by atoms with Crippen molar-refractivity contribution in [3.63, 3.8) is 0 Å². The fraction of sp³-hybridized carbons (Fsp3) is 0.333. The van der Waals surface area contributed by atoms with Crippen LogP contribution in [0.1, 0.15) is 40.7 Å². The lowest BCUT2D eigenvalue weighted by atomic mass is 10.1. The molecule has 2 aromatic heterocycles. The number of esters is 1. The van der Waals surface area contributed by atoms with Gasteiger partial charge in [0.05, 0.1) is 12.2 Å². The van der Waals surface area contributed by atoms with Crippen LogP contribution < -0.4 is 0 Å². The predicted molar refractivity (Wildman–Crippen MR) is 81.6 cm³/mol. The van der Waals surface area contributed by atoms with E-state index in [9.17, 15) is 4.79 Å². The summed E-state index contributed by atoms with van der Waals surface area (Å²) in [5, 5.41) is 2.33. The minimum atomic E-state index is -0.354. The lowest BCUT2D eigenvalue weighted by molar-refractivity contribution is 0.0509. The number of halogens is 1. The van der Waals surface area contributed by atoms with Crippen LogP contribution in [0.15, 0.2) is 29.6 Å². The van der Waals surface area contributed by atoms with E-state index in [4.69, 9.17) is 16.3 Å². The molecule has 0 N–H and O–H groups in total. The van der Waals surface area contributed by atoms with Crippen molar-refractivity contribution in [3.05, 3.63) is 50.9 Å². The molecule has 3 nitrogen and oxygen atoms in total. The zero-order valence-electron chi connectivity index (χ0n) is 11.4. The van der Waals surface area contributed by atoms with Gasteiger partial charge in [-0.15, -0.1) is 11.3 Å². The normalized spacial score (nSPS) is 10.8. The van der Waals surface area contributed by atoms with Crippen LogP contribution in [0.25, 0.3) is 0 Å². The number of rotatable bonds is 5. The summed E-state index contributed by atoms with van der Waals surface area (Å²) in [7, 11) is 0. The van der Waals surface area contributed by atoms with E-state index >= 15 is 0 Å². The second-order valence-corrected chi connectivity index (χ2v) is 6.14. The van der Waals surface area contributed by atoms with Gasteiger partial charge in [-0.25, -0.2) is 9.78 Å². The summed E-state index contributed by atoms with van der Waals surface area (Å²) in [6, 6.07) is 7.29. The quantitative estimate of drug-likeness (QED) is 0.610. The van der Waals surface area contributed by atoms with E-state index < -0.39 is 0 Å². The zero-order chi connectivity index (χ0) is 14.5. The van der Waals surface area contributed by atoms with Gasteiger partial charge in [0, 0.05) is 17.0 Å². The molecule has 0 radical (unpaired) electrons. The highest BCUT2D eigenvalue weighted by Crippen LogP contribution is 2.18. The number of carbonyl (C=O) groups is 1. The van der Waals surface area contributed by atoms with Crippen LogP contribution in [-0.2, 0) is 11.2 Å². The zero-order valence-corrected chi connectivity index (χ0v) is 13.0. The monoisotopic (exact) mass is 309 g/mol. The van der Waals surface area contributed by atoms with Crippen LogP contribution in [0.5, 0.6) is 0 Å². The largest absolute Gasteiger partial charge is 0.462 e. The van der Waals surface area contributed by atoms with Gasteiger partial charge in [0.1, 0.15) is 5.15 Å². The van der Waals surface area contributed by atoms with Gasteiger partial charge >= 0.3 is 5.97 Å². The number of carbonyl (C=O) groups excluding carboxylic acids is 1. The van der Waals surface area contributed by atoms with E-state index in [1.807, 2.05) is 31.4 Å². The molecule has 2 rings (SSSR count). The molecule has 0 saturated heterocycles. The van der Waals surface area contributed by atoms with Crippen LogP contribution in [0.4, 0.5) is 0 Å². The molecule has 0 fully saturated rings. The summed E-state index contributed by atoms with van der Waals surface area (Å²) in [5.41, 5.74) is 1.25. The van der Waals surface area contributed by atoms with Crippen molar-refractivity contribution in [2.75, 3.05) is 6.61 Å². The van der Waals surface area contributed by atoms with Crippen molar-refractivity contribution >= 4 is 28.9 Å². The van der Waals surface area contributed by atoms with E-state index in [1.165, 1.54) is 4.88 Å². The van der Waals surface area contributed by atoms with Crippen LogP contribution >= 0.6 is 22.9 Å². The maximum atomic E-state index is 12.0. The molecule has 0 unspecified atom stereocenters. The summed E-state index contributed by atoms with van der Waals surface area (Å²) in [6.45, 7) is 4.38. The average Bonchev–Trinajstić information content (AvgIpc) is 2.91. The Hall–Kier alpha value is -1.39. The number of hydrogen-bond acceptors (Lipinski definition) is 4. The van der Waals surface area contributed by atoms with Crippen molar-refractivity contribution in [1.82, 2.24) is 4.98 Å². The highest BCUT2D eigenvalue weighted by atomic mass is 35.5. The van der Waals surface area contributed by atoms with Gasteiger partial charge in [0.15, 0.2) is 0 Å². The summed E-state index contributed by atoms with van der Waals surface area (Å²) >= 11 is 7.59. The fourth-order valence-corrected chi connectivity index (χ4v) is 2.62. The molecule has 0 aliphatic rings. The van der Waals surface area contributed by atoms with Gasteiger partial charge < -0.3 is 4.74 Å². The van der Waals surface area contributed by atoms with E-state index in [0.29, 0.717) is 17.3 Å². The first-order valence-corrected chi connectivity index (χ1v) is 7.69. The third-order valence-corrected chi connectivity index (χ3v) is 3.93. The Balaban J connectivity index is 1.98. The van der Waals surface area contributed by atoms with E-state index in [1.54, 1.807) is 23.5 Å². The topological polar surface area (TPSA) is 39.2 Å². The first-order valence-electron chi connectivity index (χ1n) is 6.43. The fourth-order valence-electron chi connectivity index (χ4n) is 1.71. The molecule has 0 saturated carbocycles. The Kier molecular flexibility index (Phi) is 5.15. The second-order valence-electron chi connectivity index (χ2n) is 4.72. The summed E-state index contributed by atoms with van der Waals surface area (Å²) < 4.78 is 5.27. The number of ether oxygens (including phenoxy) is 1. The Labute approximate surface area is 127 Å². The van der Waals surface area contributed by atoms with Gasteiger partial charge in [-0.2, -0.15) is 0 Å². The van der Waals surface area contributed by atoms with Crippen LogP contribution in [0.2, 0.25) is 5.15 Å². The first kappa shape index (κ1) is 15.0. The Bertz CT molecular complexity index is 582. The Morgan fingerprint density at radius 2 is 2.25 bits per heavy atom. The molecule has 2 heterocycles. The average molecular weight is 310 g/mol. The van der Waals surface area contributed by atoms with Gasteiger partial charge in [0.2, 0.25) is 0 Å². The maximum Gasteiger partial charge on any atom is 0.338 e. The summed E-state index contributed by atoms with van der Waals surface area (Å²) in [4.78, 5) is 17.4. The maximum absolute atomic E-state index is 12.0. The second kappa shape index (κ2) is 6.86. The SMILES string of the molecule is CC(C)c1cc(C(=O)OCCc2cccs2)cc(Cl)n1. The standard InChI is InChI=1S/C15H16ClNO2S/c1-10(2)13-8-11(9-14(16)17-13)15(18)19-6-5-12-4-3-7-20-12/h3-4,7-10H,5-6H2,1-2H3. The van der Waals surface area contributed by atoms with E-state index in [2.05, 4.69) is 4.98 Å². The van der Waals surface area contributed by atoms with E-state index in [0.717, 1.165) is 12.1 Å². The van der Waals surface area contributed by atoms with Crippen LogP contribution in [0.3, 0.4) is 0 Å².